The maximum absolute atomic E-state index is 10.3. The van der Waals surface area contributed by atoms with Gasteiger partial charge in [-0.05, 0) is 0 Å². The molecule has 0 aromatic heterocycles. The van der Waals surface area contributed by atoms with Crippen molar-refractivity contribution in [3.05, 3.63) is 0 Å². The van der Waals surface area contributed by atoms with Gasteiger partial charge in [-0.15, -0.1) is 0 Å². The van der Waals surface area contributed by atoms with E-state index in [-0.39, 0.29) is 32.7 Å². The van der Waals surface area contributed by atoms with Crippen LogP contribution in [0.3, 0.4) is 0 Å². The van der Waals surface area contributed by atoms with Gasteiger partial charge in [-0.3, -0.25) is 4.79 Å². The van der Waals surface area contributed by atoms with Crippen LogP contribution in [0, 0.1) is 0 Å². The Morgan fingerprint density at radius 2 is 1.58 bits per heavy atom. The maximum Gasteiger partial charge on any atom is 0.335 e. The van der Waals surface area contributed by atoms with Gasteiger partial charge < -0.3 is 20.4 Å². The fourth-order valence-corrected chi connectivity index (χ4v) is 0.405. The zero-order chi connectivity index (χ0) is 9.02. The topological polar surface area (TPSA) is 115 Å². The zero-order valence-electron chi connectivity index (χ0n) is 6.04. The average molecular weight is 253 g/mol. The summed E-state index contributed by atoms with van der Waals surface area (Å²) in [5.41, 5.74) is 0. The van der Waals surface area contributed by atoms with Crippen molar-refractivity contribution < 1.29 is 62.7 Å². The number of carbonyl (C=O) groups is 2. The molecule has 0 aliphatic rings. The second-order valence-corrected chi connectivity index (χ2v) is 1.85. The van der Waals surface area contributed by atoms with Crippen LogP contribution in [0.25, 0.3) is 0 Å². The van der Waals surface area contributed by atoms with E-state index < -0.39 is 30.6 Å². The Morgan fingerprint density at radius 3 is 1.83 bits per heavy atom. The summed E-state index contributed by atoms with van der Waals surface area (Å²) in [6.07, 6.45) is -4.23. The van der Waals surface area contributed by atoms with Gasteiger partial charge in [0, 0.05) is 32.7 Å². The van der Waals surface area contributed by atoms with Gasteiger partial charge in [0.25, 0.3) is 0 Å². The van der Waals surface area contributed by atoms with Gasteiger partial charge in [0.15, 0.2) is 18.0 Å². The van der Waals surface area contributed by atoms with Crippen molar-refractivity contribution in [2.24, 2.45) is 0 Å². The average Bonchev–Trinajstić information content (AvgIpc) is 2.00. The van der Waals surface area contributed by atoms with E-state index in [1.54, 1.807) is 0 Å². The molecule has 0 aromatic rings. The van der Waals surface area contributed by atoms with Crippen LogP contribution in [-0.2, 0) is 42.3 Å². The van der Waals surface area contributed by atoms with Crippen molar-refractivity contribution in [3.63, 3.8) is 0 Å². The fourth-order valence-electron chi connectivity index (χ4n) is 0.405. The number of hydrogen-bond acceptors (Lipinski definition) is 5. The van der Waals surface area contributed by atoms with Crippen LogP contribution in [-0.4, -0.2) is 51.0 Å². The summed E-state index contributed by atoms with van der Waals surface area (Å²) in [6.45, 7) is -0.995. The summed E-state index contributed by atoms with van der Waals surface area (Å²) >= 11 is 0. The largest absolute Gasteiger partial charge is 0.479 e. The molecule has 0 amide bonds. The van der Waals surface area contributed by atoms with E-state index in [1.807, 2.05) is 0 Å². The van der Waals surface area contributed by atoms with E-state index in [4.69, 9.17) is 20.4 Å². The Hall–Kier alpha value is 0.124. The molecule has 0 rings (SSSR count). The summed E-state index contributed by atoms with van der Waals surface area (Å²) in [6, 6.07) is 0. The Morgan fingerprint density at radius 1 is 1.17 bits per heavy atom. The van der Waals surface area contributed by atoms with Crippen molar-refractivity contribution in [1.82, 2.24) is 0 Å². The molecule has 0 aliphatic heterocycles. The van der Waals surface area contributed by atoms with E-state index in [1.165, 1.54) is 0 Å². The first-order valence-electron chi connectivity index (χ1n) is 2.73. The SMILES string of the molecule is O=C(O)C(O)C(O)C(=O)CO.[Y]. The maximum atomic E-state index is 10.3. The van der Waals surface area contributed by atoms with Crippen LogP contribution in [0.2, 0.25) is 0 Å². The molecule has 7 heteroatoms. The van der Waals surface area contributed by atoms with Crippen molar-refractivity contribution in [3.8, 4) is 0 Å². The summed E-state index contributed by atoms with van der Waals surface area (Å²) in [5.74, 6) is -2.83. The van der Waals surface area contributed by atoms with Crippen LogP contribution in [0.15, 0.2) is 0 Å². The molecule has 0 saturated heterocycles. The van der Waals surface area contributed by atoms with E-state index in [0.717, 1.165) is 0 Å². The summed E-state index contributed by atoms with van der Waals surface area (Å²) in [7, 11) is 0. The Labute approximate surface area is 93.1 Å². The third kappa shape index (κ3) is 4.22. The minimum absolute atomic E-state index is 0. The third-order valence-electron chi connectivity index (χ3n) is 1.04. The smallest absolute Gasteiger partial charge is 0.335 e. The molecule has 0 spiro atoms. The van der Waals surface area contributed by atoms with Gasteiger partial charge in [-0.25, -0.2) is 4.79 Å². The molecular weight excluding hydrogens is 245 g/mol. The first-order valence-corrected chi connectivity index (χ1v) is 2.73. The number of ketones is 1. The molecule has 2 atom stereocenters. The Balaban J connectivity index is 0. The Bertz CT molecular complexity index is 169. The zero-order valence-corrected chi connectivity index (χ0v) is 8.88. The number of aliphatic carboxylic acids is 1. The molecule has 12 heavy (non-hydrogen) atoms. The predicted octanol–water partition coefficient (Wildman–Crippen LogP) is -2.65. The number of carbonyl (C=O) groups excluding carboxylic acids is 1. The number of Topliss-reactive ketones (excluding diaryl/α,β-unsaturated/α-hetero) is 1. The minimum atomic E-state index is -2.17. The van der Waals surface area contributed by atoms with Crippen LogP contribution in [0.1, 0.15) is 0 Å². The van der Waals surface area contributed by atoms with Gasteiger partial charge >= 0.3 is 5.97 Å². The summed E-state index contributed by atoms with van der Waals surface area (Å²) in [5, 5.41) is 33.3. The van der Waals surface area contributed by atoms with Crippen LogP contribution >= 0.6 is 0 Å². The van der Waals surface area contributed by atoms with Gasteiger partial charge in [0.05, 0.1) is 0 Å². The number of aliphatic hydroxyl groups excluding tert-OH is 3. The van der Waals surface area contributed by atoms with Gasteiger partial charge in [0.2, 0.25) is 0 Å². The second kappa shape index (κ2) is 6.62. The molecule has 0 heterocycles. The van der Waals surface area contributed by atoms with E-state index >= 15 is 0 Å². The fraction of sp³-hybridized carbons (Fsp3) is 0.600. The minimum Gasteiger partial charge on any atom is -0.479 e. The molecule has 1 radical (unpaired) electrons. The molecule has 4 N–H and O–H groups in total. The number of rotatable bonds is 4. The summed E-state index contributed by atoms with van der Waals surface area (Å²) in [4.78, 5) is 20.3. The van der Waals surface area contributed by atoms with E-state index in [9.17, 15) is 9.59 Å². The van der Waals surface area contributed by atoms with Crippen molar-refractivity contribution in [2.45, 2.75) is 12.2 Å². The monoisotopic (exact) mass is 253 g/mol. The standard InChI is InChI=1S/C5H8O6.Y/c6-1-2(7)3(8)4(9)5(10)11;/h3-4,6,8-9H,1H2,(H,10,11);. The number of carboxylic acids is 1. The normalized spacial score (nSPS) is 14.2. The molecule has 2 unspecified atom stereocenters. The molecular formula is C5H8O6Y. The molecule has 67 valence electrons. The van der Waals surface area contributed by atoms with Crippen LogP contribution < -0.4 is 0 Å². The van der Waals surface area contributed by atoms with E-state index in [2.05, 4.69) is 0 Å². The van der Waals surface area contributed by atoms with Crippen LogP contribution in [0.5, 0.6) is 0 Å². The molecule has 6 nitrogen and oxygen atoms in total. The Kier molecular flexibility index (Phi) is 8.07. The third-order valence-corrected chi connectivity index (χ3v) is 1.04. The number of carboxylic acid groups (broad SMARTS) is 1. The molecule has 0 aromatic carbocycles. The summed E-state index contributed by atoms with van der Waals surface area (Å²) < 4.78 is 0. The first-order chi connectivity index (χ1) is 5.00. The van der Waals surface area contributed by atoms with Crippen molar-refractivity contribution in [1.29, 1.82) is 0 Å². The van der Waals surface area contributed by atoms with Gasteiger partial charge in [-0.2, -0.15) is 0 Å². The van der Waals surface area contributed by atoms with Crippen molar-refractivity contribution >= 4 is 11.8 Å². The molecule has 0 fully saturated rings. The number of hydrogen-bond donors (Lipinski definition) is 4. The molecule has 0 aliphatic carbocycles. The van der Waals surface area contributed by atoms with Gasteiger partial charge in [0.1, 0.15) is 6.61 Å². The van der Waals surface area contributed by atoms with E-state index in [0.29, 0.717) is 0 Å². The number of aliphatic hydroxyl groups is 3. The van der Waals surface area contributed by atoms with Crippen molar-refractivity contribution in [2.75, 3.05) is 6.61 Å². The molecule has 0 saturated carbocycles. The first kappa shape index (κ1) is 14.6. The van der Waals surface area contributed by atoms with Gasteiger partial charge in [-0.1, -0.05) is 0 Å². The quantitative estimate of drug-likeness (QED) is 0.435. The predicted molar refractivity (Wildman–Crippen MR) is 31.7 cm³/mol. The molecule has 0 bridgehead atoms. The van der Waals surface area contributed by atoms with Crippen LogP contribution in [0.4, 0.5) is 0 Å². The second-order valence-electron chi connectivity index (χ2n) is 1.85.